The molecule has 5 heteroatoms. The van der Waals surface area contributed by atoms with Gasteiger partial charge in [0.05, 0.1) is 6.54 Å². The zero-order valence-electron chi connectivity index (χ0n) is 12.2. The fourth-order valence-electron chi connectivity index (χ4n) is 2.61. The Morgan fingerprint density at radius 2 is 2.11 bits per heavy atom. The van der Waals surface area contributed by atoms with Crippen LogP contribution >= 0.6 is 0 Å². The summed E-state index contributed by atoms with van der Waals surface area (Å²) in [5.41, 5.74) is 4.02. The van der Waals surface area contributed by atoms with E-state index in [0.29, 0.717) is 11.2 Å². The monoisotopic (exact) mass is 263 g/mol. The summed E-state index contributed by atoms with van der Waals surface area (Å²) in [7, 11) is 0. The fourth-order valence-corrected chi connectivity index (χ4v) is 2.61. The molecule has 3 N–H and O–H groups in total. The number of rotatable bonds is 3. The Balaban J connectivity index is 2.02. The summed E-state index contributed by atoms with van der Waals surface area (Å²) in [6.45, 7) is 9.75. The average molecular weight is 263 g/mol. The summed E-state index contributed by atoms with van der Waals surface area (Å²) in [6, 6.07) is 1.86. The fraction of sp³-hybridized carbons (Fsp3) is 0.714. The molecule has 1 aromatic heterocycles. The smallest absolute Gasteiger partial charge is 0.145 e. The first-order valence-electron chi connectivity index (χ1n) is 7.02. The van der Waals surface area contributed by atoms with E-state index in [0.717, 1.165) is 31.2 Å². The van der Waals surface area contributed by atoms with E-state index in [1.807, 2.05) is 13.0 Å². The summed E-state index contributed by atoms with van der Waals surface area (Å²) in [6.07, 6.45) is 3.79. The molecule has 2 rings (SSSR count). The second-order valence-electron chi connectivity index (χ2n) is 6.25. The third kappa shape index (κ3) is 4.14. The normalized spacial score (nSPS) is 20.0. The zero-order valence-corrected chi connectivity index (χ0v) is 12.2. The van der Waals surface area contributed by atoms with Gasteiger partial charge in [0.25, 0.3) is 0 Å². The van der Waals surface area contributed by atoms with Crippen LogP contribution in [0.15, 0.2) is 6.07 Å². The molecule has 0 unspecified atom stereocenters. The molecule has 0 saturated carbocycles. The van der Waals surface area contributed by atoms with Crippen molar-refractivity contribution in [2.45, 2.75) is 46.6 Å². The number of aromatic nitrogens is 2. The molecule has 0 aliphatic carbocycles. The molecule has 0 bridgehead atoms. The van der Waals surface area contributed by atoms with Crippen molar-refractivity contribution >= 4 is 5.82 Å². The molecule has 1 fully saturated rings. The molecule has 5 nitrogen and oxygen atoms in total. The highest BCUT2D eigenvalue weighted by molar-refractivity contribution is 5.33. The van der Waals surface area contributed by atoms with E-state index in [4.69, 9.17) is 5.84 Å². The van der Waals surface area contributed by atoms with Gasteiger partial charge >= 0.3 is 0 Å². The first kappa shape index (κ1) is 14.2. The molecule has 0 amide bonds. The van der Waals surface area contributed by atoms with Crippen molar-refractivity contribution < 1.29 is 0 Å². The first-order valence-corrected chi connectivity index (χ1v) is 7.02. The highest BCUT2D eigenvalue weighted by Gasteiger charge is 2.23. The summed E-state index contributed by atoms with van der Waals surface area (Å²) in [5.74, 6) is 6.97. The van der Waals surface area contributed by atoms with Crippen LogP contribution in [0.25, 0.3) is 0 Å². The van der Waals surface area contributed by atoms with Gasteiger partial charge in [-0.05, 0) is 44.7 Å². The predicted octanol–water partition coefficient (Wildman–Crippen LogP) is 2.08. The Morgan fingerprint density at radius 3 is 2.84 bits per heavy atom. The summed E-state index contributed by atoms with van der Waals surface area (Å²) >= 11 is 0. The number of anilines is 1. The molecule has 0 atom stereocenters. The van der Waals surface area contributed by atoms with Crippen molar-refractivity contribution in [1.82, 2.24) is 14.9 Å². The molecule has 2 heterocycles. The second kappa shape index (κ2) is 5.84. The van der Waals surface area contributed by atoms with Gasteiger partial charge in [0.15, 0.2) is 0 Å². The van der Waals surface area contributed by atoms with Crippen LogP contribution in [0.3, 0.4) is 0 Å². The minimum Gasteiger partial charge on any atom is -0.308 e. The van der Waals surface area contributed by atoms with Gasteiger partial charge in [-0.3, -0.25) is 4.90 Å². The minimum atomic E-state index is 0.464. The third-order valence-corrected chi connectivity index (χ3v) is 3.85. The quantitative estimate of drug-likeness (QED) is 0.645. The van der Waals surface area contributed by atoms with E-state index in [9.17, 15) is 0 Å². The van der Waals surface area contributed by atoms with Gasteiger partial charge in [-0.15, -0.1) is 0 Å². The van der Waals surface area contributed by atoms with Gasteiger partial charge in [-0.2, -0.15) is 0 Å². The van der Waals surface area contributed by atoms with E-state index in [1.165, 1.54) is 19.3 Å². The second-order valence-corrected chi connectivity index (χ2v) is 6.25. The lowest BCUT2D eigenvalue weighted by Crippen LogP contribution is -2.26. The maximum Gasteiger partial charge on any atom is 0.145 e. The van der Waals surface area contributed by atoms with E-state index < -0.39 is 0 Å². The van der Waals surface area contributed by atoms with Crippen LogP contribution in [-0.2, 0) is 6.54 Å². The standard InChI is InChI=1S/C14H25N5/c1-11-9-12(18-15)17-13(16-11)10-19-7-4-5-14(2,3)6-8-19/h9H,4-8,10,15H2,1-3H3,(H,16,17,18). The first-order chi connectivity index (χ1) is 8.98. The number of aryl methyl sites for hydroxylation is 1. The molecule has 106 valence electrons. The van der Waals surface area contributed by atoms with Crippen molar-refractivity contribution in [2.75, 3.05) is 18.5 Å². The molecule has 19 heavy (non-hydrogen) atoms. The highest BCUT2D eigenvalue weighted by Crippen LogP contribution is 2.30. The molecule has 0 aromatic carbocycles. The summed E-state index contributed by atoms with van der Waals surface area (Å²) in [5, 5.41) is 0. The van der Waals surface area contributed by atoms with Crippen molar-refractivity contribution in [3.63, 3.8) is 0 Å². The van der Waals surface area contributed by atoms with E-state index in [-0.39, 0.29) is 0 Å². The van der Waals surface area contributed by atoms with Crippen molar-refractivity contribution in [1.29, 1.82) is 0 Å². The van der Waals surface area contributed by atoms with Gasteiger partial charge in [-0.1, -0.05) is 13.8 Å². The number of hydrazine groups is 1. The van der Waals surface area contributed by atoms with Crippen LogP contribution < -0.4 is 11.3 Å². The van der Waals surface area contributed by atoms with Crippen LogP contribution in [0, 0.1) is 12.3 Å². The van der Waals surface area contributed by atoms with E-state index in [2.05, 4.69) is 34.1 Å². The van der Waals surface area contributed by atoms with Crippen molar-refractivity contribution in [3.05, 3.63) is 17.6 Å². The minimum absolute atomic E-state index is 0.464. The molecule has 1 aliphatic rings. The Bertz CT molecular complexity index is 430. The topological polar surface area (TPSA) is 67.1 Å². The molecule has 0 radical (unpaired) electrons. The van der Waals surface area contributed by atoms with Crippen molar-refractivity contribution in [2.24, 2.45) is 11.3 Å². The zero-order chi connectivity index (χ0) is 13.9. The number of hydrogen-bond donors (Lipinski definition) is 2. The van der Waals surface area contributed by atoms with Crippen LogP contribution in [0.4, 0.5) is 5.82 Å². The molecule has 0 spiro atoms. The SMILES string of the molecule is Cc1cc(NN)nc(CN2CCCC(C)(C)CC2)n1. The highest BCUT2D eigenvalue weighted by atomic mass is 15.3. The Kier molecular flexibility index (Phi) is 4.37. The maximum absolute atomic E-state index is 5.43. The summed E-state index contributed by atoms with van der Waals surface area (Å²) in [4.78, 5) is 11.4. The molecule has 1 saturated heterocycles. The maximum atomic E-state index is 5.43. The van der Waals surface area contributed by atoms with E-state index in [1.54, 1.807) is 0 Å². The third-order valence-electron chi connectivity index (χ3n) is 3.85. The molecular weight excluding hydrogens is 238 g/mol. The van der Waals surface area contributed by atoms with Crippen molar-refractivity contribution in [3.8, 4) is 0 Å². The van der Waals surface area contributed by atoms with Gasteiger partial charge in [0.2, 0.25) is 0 Å². The lowest BCUT2D eigenvalue weighted by molar-refractivity contribution is 0.251. The van der Waals surface area contributed by atoms with Crippen LogP contribution in [0.2, 0.25) is 0 Å². The number of nitrogen functional groups attached to an aromatic ring is 1. The van der Waals surface area contributed by atoms with Crippen LogP contribution in [0.1, 0.15) is 44.6 Å². The molecular formula is C14H25N5. The van der Waals surface area contributed by atoms with Gasteiger partial charge in [0.1, 0.15) is 11.6 Å². The number of hydrogen-bond acceptors (Lipinski definition) is 5. The number of nitrogens with one attached hydrogen (secondary N) is 1. The summed E-state index contributed by atoms with van der Waals surface area (Å²) < 4.78 is 0. The Morgan fingerprint density at radius 1 is 1.32 bits per heavy atom. The Hall–Kier alpha value is -1.20. The van der Waals surface area contributed by atoms with Crippen LogP contribution in [-0.4, -0.2) is 28.0 Å². The van der Waals surface area contributed by atoms with Gasteiger partial charge in [0, 0.05) is 11.8 Å². The van der Waals surface area contributed by atoms with E-state index >= 15 is 0 Å². The Labute approximate surface area is 115 Å². The van der Waals surface area contributed by atoms with Crippen LogP contribution in [0.5, 0.6) is 0 Å². The molecule has 1 aromatic rings. The van der Waals surface area contributed by atoms with Gasteiger partial charge < -0.3 is 5.43 Å². The number of nitrogens with two attached hydrogens (primary N) is 1. The number of nitrogens with zero attached hydrogens (tertiary/aromatic N) is 3. The average Bonchev–Trinajstić information content (AvgIpc) is 2.50. The van der Waals surface area contributed by atoms with Gasteiger partial charge in [-0.25, -0.2) is 15.8 Å². The number of likely N-dealkylation sites (tertiary alicyclic amines) is 1. The largest absolute Gasteiger partial charge is 0.308 e. The lowest BCUT2D eigenvalue weighted by atomic mass is 9.85. The predicted molar refractivity (Wildman–Crippen MR) is 77.5 cm³/mol. The molecule has 1 aliphatic heterocycles. The lowest BCUT2D eigenvalue weighted by Gasteiger charge is -2.23.